The van der Waals surface area contributed by atoms with Crippen molar-refractivity contribution in [2.75, 3.05) is 0 Å². The first-order chi connectivity index (χ1) is 10.4. The zero-order valence-corrected chi connectivity index (χ0v) is 10.9. The summed E-state index contributed by atoms with van der Waals surface area (Å²) < 4.78 is 51.5. The highest BCUT2D eigenvalue weighted by atomic mass is 19.4. The minimum atomic E-state index is -4.82. The standard InChI is InChI=1S/C15H8F4N2O/c16-11-6-5-8(7-10(11)15(17,18)19)13-20-12-4-2-1-3-9(12)14(22)21-13/h1-7H,(H,20,21,22). The summed E-state index contributed by atoms with van der Waals surface area (Å²) >= 11 is 0. The maximum Gasteiger partial charge on any atom is 0.419 e. The molecule has 0 unspecified atom stereocenters. The molecule has 112 valence electrons. The van der Waals surface area contributed by atoms with Crippen molar-refractivity contribution in [2.24, 2.45) is 0 Å². The number of nitrogens with one attached hydrogen (secondary N) is 1. The van der Waals surface area contributed by atoms with Gasteiger partial charge in [0, 0.05) is 5.56 Å². The quantitative estimate of drug-likeness (QED) is 0.696. The van der Waals surface area contributed by atoms with Crippen molar-refractivity contribution in [3.05, 3.63) is 64.2 Å². The van der Waals surface area contributed by atoms with Gasteiger partial charge in [0.05, 0.1) is 16.5 Å². The fourth-order valence-corrected chi connectivity index (χ4v) is 2.11. The van der Waals surface area contributed by atoms with E-state index in [-0.39, 0.29) is 11.4 Å². The third-order valence-corrected chi connectivity index (χ3v) is 3.16. The SMILES string of the molecule is O=c1[nH]c(-c2ccc(F)c(C(F)(F)F)c2)nc2ccccc12. The lowest BCUT2D eigenvalue weighted by Crippen LogP contribution is -2.11. The first-order valence-electron chi connectivity index (χ1n) is 6.22. The number of hydrogen-bond acceptors (Lipinski definition) is 2. The molecule has 1 heterocycles. The molecule has 0 atom stereocenters. The van der Waals surface area contributed by atoms with Gasteiger partial charge in [-0.3, -0.25) is 4.79 Å². The maximum atomic E-state index is 13.3. The Morgan fingerprint density at radius 1 is 1.05 bits per heavy atom. The van der Waals surface area contributed by atoms with Crippen LogP contribution in [-0.4, -0.2) is 9.97 Å². The number of rotatable bonds is 1. The van der Waals surface area contributed by atoms with E-state index in [4.69, 9.17) is 0 Å². The predicted octanol–water partition coefficient (Wildman–Crippen LogP) is 3.75. The molecule has 0 amide bonds. The van der Waals surface area contributed by atoms with Crippen LogP contribution in [0.5, 0.6) is 0 Å². The number of nitrogens with zero attached hydrogens (tertiary/aromatic N) is 1. The van der Waals surface area contributed by atoms with Gasteiger partial charge in [0.25, 0.3) is 5.56 Å². The van der Waals surface area contributed by atoms with Crippen LogP contribution in [0.1, 0.15) is 5.56 Å². The summed E-state index contributed by atoms with van der Waals surface area (Å²) in [4.78, 5) is 18.5. The summed E-state index contributed by atoms with van der Waals surface area (Å²) in [6.45, 7) is 0. The normalized spacial score (nSPS) is 11.8. The Morgan fingerprint density at radius 2 is 1.77 bits per heavy atom. The number of para-hydroxylation sites is 1. The van der Waals surface area contributed by atoms with Gasteiger partial charge in [-0.05, 0) is 30.3 Å². The molecule has 0 saturated carbocycles. The molecule has 0 aliphatic heterocycles. The summed E-state index contributed by atoms with van der Waals surface area (Å²) in [6.07, 6.45) is -4.82. The zero-order valence-electron chi connectivity index (χ0n) is 10.9. The minimum Gasteiger partial charge on any atom is -0.306 e. The zero-order chi connectivity index (χ0) is 15.9. The minimum absolute atomic E-state index is 0.0171. The Balaban J connectivity index is 2.22. The maximum absolute atomic E-state index is 13.3. The van der Waals surface area contributed by atoms with Crippen molar-refractivity contribution in [3.8, 4) is 11.4 Å². The van der Waals surface area contributed by atoms with E-state index < -0.39 is 23.1 Å². The average Bonchev–Trinajstić information content (AvgIpc) is 2.46. The Hall–Kier alpha value is -2.70. The van der Waals surface area contributed by atoms with Gasteiger partial charge in [0.1, 0.15) is 11.6 Å². The second kappa shape index (κ2) is 4.94. The Bertz CT molecular complexity index is 915. The second-order valence-electron chi connectivity index (χ2n) is 4.62. The molecule has 3 rings (SSSR count). The van der Waals surface area contributed by atoms with Crippen LogP contribution in [0.2, 0.25) is 0 Å². The molecule has 3 nitrogen and oxygen atoms in total. The number of halogens is 4. The second-order valence-corrected chi connectivity index (χ2v) is 4.62. The third kappa shape index (κ3) is 2.45. The molecule has 0 radical (unpaired) electrons. The number of alkyl halides is 3. The lowest BCUT2D eigenvalue weighted by atomic mass is 10.1. The van der Waals surface area contributed by atoms with Crippen LogP contribution in [0, 0.1) is 5.82 Å². The van der Waals surface area contributed by atoms with Gasteiger partial charge in [-0.15, -0.1) is 0 Å². The molecule has 0 fully saturated rings. The molecule has 0 aliphatic rings. The summed E-state index contributed by atoms with van der Waals surface area (Å²) in [7, 11) is 0. The third-order valence-electron chi connectivity index (χ3n) is 3.16. The van der Waals surface area contributed by atoms with Gasteiger partial charge >= 0.3 is 6.18 Å². The van der Waals surface area contributed by atoms with Gasteiger partial charge in [-0.2, -0.15) is 13.2 Å². The predicted molar refractivity (Wildman–Crippen MR) is 72.8 cm³/mol. The van der Waals surface area contributed by atoms with Crippen LogP contribution >= 0.6 is 0 Å². The Labute approximate surface area is 121 Å². The molecule has 0 aliphatic carbocycles. The van der Waals surface area contributed by atoms with E-state index in [1.165, 1.54) is 0 Å². The smallest absolute Gasteiger partial charge is 0.306 e. The van der Waals surface area contributed by atoms with Crippen LogP contribution in [0.25, 0.3) is 22.3 Å². The summed E-state index contributed by atoms with van der Waals surface area (Å²) in [6, 6.07) is 8.90. The molecule has 7 heteroatoms. The van der Waals surface area contributed by atoms with Gasteiger partial charge in [-0.25, -0.2) is 9.37 Å². The van der Waals surface area contributed by atoms with E-state index in [0.29, 0.717) is 23.0 Å². The van der Waals surface area contributed by atoms with Crippen molar-refractivity contribution in [1.82, 2.24) is 9.97 Å². The molecule has 3 aromatic rings. The molecular weight excluding hydrogens is 300 g/mol. The first kappa shape index (κ1) is 14.2. The van der Waals surface area contributed by atoms with Crippen molar-refractivity contribution in [3.63, 3.8) is 0 Å². The van der Waals surface area contributed by atoms with E-state index >= 15 is 0 Å². The van der Waals surface area contributed by atoms with Gasteiger partial charge in [-0.1, -0.05) is 12.1 Å². The highest BCUT2D eigenvalue weighted by Crippen LogP contribution is 2.33. The van der Waals surface area contributed by atoms with Crippen molar-refractivity contribution in [1.29, 1.82) is 0 Å². The number of aromatic nitrogens is 2. The fourth-order valence-electron chi connectivity index (χ4n) is 2.11. The van der Waals surface area contributed by atoms with E-state index in [1.54, 1.807) is 24.3 Å². The number of hydrogen-bond donors (Lipinski definition) is 1. The molecule has 2 aromatic carbocycles. The van der Waals surface area contributed by atoms with E-state index in [2.05, 4.69) is 9.97 Å². The largest absolute Gasteiger partial charge is 0.419 e. The number of fused-ring (bicyclic) bond motifs is 1. The van der Waals surface area contributed by atoms with Gasteiger partial charge in [0.2, 0.25) is 0 Å². The molecule has 0 saturated heterocycles. The Morgan fingerprint density at radius 3 is 2.50 bits per heavy atom. The molecule has 0 spiro atoms. The number of benzene rings is 2. The highest BCUT2D eigenvalue weighted by Gasteiger charge is 2.34. The van der Waals surface area contributed by atoms with Crippen LogP contribution < -0.4 is 5.56 Å². The summed E-state index contributed by atoms with van der Waals surface area (Å²) in [5, 5.41) is 0.324. The van der Waals surface area contributed by atoms with Crippen LogP contribution in [0.15, 0.2) is 47.3 Å². The molecule has 22 heavy (non-hydrogen) atoms. The average molecular weight is 308 g/mol. The highest BCUT2D eigenvalue weighted by molar-refractivity contribution is 5.79. The topological polar surface area (TPSA) is 45.8 Å². The van der Waals surface area contributed by atoms with Gasteiger partial charge in [0.15, 0.2) is 0 Å². The van der Waals surface area contributed by atoms with Crippen LogP contribution in [0.4, 0.5) is 17.6 Å². The van der Waals surface area contributed by atoms with Crippen LogP contribution in [-0.2, 0) is 6.18 Å². The van der Waals surface area contributed by atoms with Gasteiger partial charge < -0.3 is 4.98 Å². The summed E-state index contributed by atoms with van der Waals surface area (Å²) in [5.74, 6) is -1.42. The fraction of sp³-hybridized carbons (Fsp3) is 0.0667. The monoisotopic (exact) mass is 308 g/mol. The first-order valence-corrected chi connectivity index (χ1v) is 6.22. The molecular formula is C15H8F4N2O. The van der Waals surface area contributed by atoms with Crippen molar-refractivity contribution >= 4 is 10.9 Å². The van der Waals surface area contributed by atoms with Crippen LogP contribution in [0.3, 0.4) is 0 Å². The molecule has 0 bridgehead atoms. The van der Waals surface area contributed by atoms with Crippen molar-refractivity contribution in [2.45, 2.75) is 6.18 Å². The van der Waals surface area contributed by atoms with Crippen molar-refractivity contribution < 1.29 is 17.6 Å². The number of H-pyrrole nitrogens is 1. The summed E-state index contributed by atoms with van der Waals surface area (Å²) in [5.41, 5.74) is -1.55. The van der Waals surface area contributed by atoms with E-state index in [9.17, 15) is 22.4 Å². The molecule has 1 N–H and O–H groups in total. The number of aromatic amines is 1. The lowest BCUT2D eigenvalue weighted by Gasteiger charge is -2.10. The lowest BCUT2D eigenvalue weighted by molar-refractivity contribution is -0.139. The van der Waals surface area contributed by atoms with E-state index in [1.807, 2.05) is 0 Å². The Kier molecular flexibility index (Phi) is 3.20. The molecule has 1 aromatic heterocycles. The van der Waals surface area contributed by atoms with E-state index in [0.717, 1.165) is 6.07 Å².